The summed E-state index contributed by atoms with van der Waals surface area (Å²) in [4.78, 5) is 2.71. The minimum Gasteiger partial charge on any atom is -0.386 e. The lowest BCUT2D eigenvalue weighted by Gasteiger charge is -2.46. The van der Waals surface area contributed by atoms with Crippen molar-refractivity contribution in [3.8, 4) is 0 Å². The summed E-state index contributed by atoms with van der Waals surface area (Å²) in [6.07, 6.45) is 9.40. The second-order valence-corrected chi connectivity index (χ2v) is 9.09. The number of allylic oxidation sites excluding steroid dienone is 3. The molecule has 0 radical (unpaired) electrons. The van der Waals surface area contributed by atoms with Crippen LogP contribution in [0.2, 0.25) is 0 Å². The van der Waals surface area contributed by atoms with Gasteiger partial charge < -0.3 is 10.2 Å². The molecule has 1 spiro atoms. The first-order chi connectivity index (χ1) is 14.6. The third kappa shape index (κ3) is 2.62. The van der Waals surface area contributed by atoms with Crippen LogP contribution in [0.25, 0.3) is 5.57 Å². The highest BCUT2D eigenvalue weighted by Crippen LogP contribution is 2.57. The van der Waals surface area contributed by atoms with Crippen molar-refractivity contribution in [2.24, 2.45) is 11.8 Å². The van der Waals surface area contributed by atoms with Crippen LogP contribution in [0.4, 0.5) is 11.4 Å². The molecule has 30 heavy (non-hydrogen) atoms. The fraction of sp³-hybridized carbons (Fsp3) is 0.357. The highest BCUT2D eigenvalue weighted by atomic mass is 15.2. The number of para-hydroxylation sites is 2. The lowest BCUT2D eigenvalue weighted by atomic mass is 9.70. The summed E-state index contributed by atoms with van der Waals surface area (Å²) >= 11 is 0. The summed E-state index contributed by atoms with van der Waals surface area (Å²) < 4.78 is 0. The average Bonchev–Trinajstić information content (AvgIpc) is 3.33. The highest BCUT2D eigenvalue weighted by Gasteiger charge is 2.53. The molecule has 5 rings (SSSR count). The monoisotopic (exact) mass is 396 g/mol. The Morgan fingerprint density at radius 1 is 1.10 bits per heavy atom. The number of nitrogens with one attached hydrogen (secondary N) is 1. The SMILES string of the molecule is CC=CC1CN(c2ccccc2NC)C2(C1)C(C)=CC(C)C1=C2Cc2ccccc21. The van der Waals surface area contributed by atoms with E-state index in [0.29, 0.717) is 11.8 Å². The predicted octanol–water partition coefficient (Wildman–Crippen LogP) is 6.48. The molecule has 3 aliphatic rings. The molecule has 1 aliphatic heterocycles. The molecule has 3 atom stereocenters. The minimum absolute atomic E-state index is 0.0437. The molecule has 0 amide bonds. The minimum atomic E-state index is -0.0437. The van der Waals surface area contributed by atoms with Crippen molar-refractivity contribution in [2.75, 3.05) is 23.8 Å². The van der Waals surface area contributed by atoms with Crippen molar-refractivity contribution in [2.45, 2.75) is 39.2 Å². The van der Waals surface area contributed by atoms with Crippen LogP contribution in [-0.2, 0) is 6.42 Å². The molecule has 2 aliphatic carbocycles. The van der Waals surface area contributed by atoms with Gasteiger partial charge in [-0.25, -0.2) is 0 Å². The van der Waals surface area contributed by atoms with Gasteiger partial charge in [-0.15, -0.1) is 0 Å². The van der Waals surface area contributed by atoms with Crippen molar-refractivity contribution < 1.29 is 0 Å². The first-order valence-electron chi connectivity index (χ1n) is 11.3. The standard InChI is InChI=1S/C28H32N2/c1-5-10-21-17-28(30(18-21)26-14-9-8-13-25(26)29-4)20(3)15-19(2)27-23-12-7-6-11-22(23)16-24(27)28/h5-15,19,21,29H,16-18H2,1-4H3. The van der Waals surface area contributed by atoms with Gasteiger partial charge in [0.05, 0.1) is 16.9 Å². The van der Waals surface area contributed by atoms with Gasteiger partial charge in [-0.05, 0) is 78.5 Å². The van der Waals surface area contributed by atoms with Gasteiger partial charge in [-0.3, -0.25) is 0 Å². The summed E-state index contributed by atoms with van der Waals surface area (Å²) in [6.45, 7) is 7.95. The number of hydrogen-bond donors (Lipinski definition) is 1. The van der Waals surface area contributed by atoms with Gasteiger partial charge in [0, 0.05) is 13.6 Å². The molecular weight excluding hydrogens is 364 g/mol. The number of benzene rings is 2. The molecule has 0 bridgehead atoms. The Kier molecular flexibility index (Phi) is 4.61. The maximum Gasteiger partial charge on any atom is 0.0840 e. The Hall–Kier alpha value is -2.74. The fourth-order valence-electron chi connectivity index (χ4n) is 6.34. The summed E-state index contributed by atoms with van der Waals surface area (Å²) in [7, 11) is 2.03. The van der Waals surface area contributed by atoms with Crippen LogP contribution in [0.15, 0.2) is 77.9 Å². The van der Waals surface area contributed by atoms with E-state index >= 15 is 0 Å². The van der Waals surface area contributed by atoms with E-state index in [9.17, 15) is 0 Å². The number of fused-ring (bicyclic) bond motifs is 3. The second-order valence-electron chi connectivity index (χ2n) is 9.09. The summed E-state index contributed by atoms with van der Waals surface area (Å²) in [5, 5.41) is 3.45. The van der Waals surface area contributed by atoms with Crippen molar-refractivity contribution >= 4 is 16.9 Å². The van der Waals surface area contributed by atoms with Gasteiger partial charge in [0.15, 0.2) is 0 Å². The third-order valence-electron chi connectivity index (χ3n) is 7.47. The van der Waals surface area contributed by atoms with Gasteiger partial charge in [0.2, 0.25) is 0 Å². The van der Waals surface area contributed by atoms with E-state index in [1.54, 1.807) is 11.1 Å². The van der Waals surface area contributed by atoms with Gasteiger partial charge in [-0.2, -0.15) is 0 Å². The number of rotatable bonds is 3. The van der Waals surface area contributed by atoms with Crippen LogP contribution in [0, 0.1) is 11.8 Å². The van der Waals surface area contributed by atoms with Crippen LogP contribution in [0.1, 0.15) is 38.3 Å². The zero-order valence-electron chi connectivity index (χ0n) is 18.6. The lowest BCUT2D eigenvalue weighted by molar-refractivity contribution is 0.533. The Morgan fingerprint density at radius 2 is 1.87 bits per heavy atom. The Bertz CT molecular complexity index is 1070. The van der Waals surface area contributed by atoms with E-state index in [1.807, 2.05) is 7.05 Å². The van der Waals surface area contributed by atoms with Crippen molar-refractivity contribution in [3.63, 3.8) is 0 Å². The lowest BCUT2D eigenvalue weighted by Crippen LogP contribution is -2.49. The molecule has 154 valence electrons. The zero-order chi connectivity index (χ0) is 20.9. The maximum atomic E-state index is 3.45. The first-order valence-corrected chi connectivity index (χ1v) is 11.3. The fourth-order valence-corrected chi connectivity index (χ4v) is 6.34. The summed E-state index contributed by atoms with van der Waals surface area (Å²) in [5.74, 6) is 1.02. The van der Waals surface area contributed by atoms with E-state index in [-0.39, 0.29) is 5.54 Å². The van der Waals surface area contributed by atoms with Crippen LogP contribution >= 0.6 is 0 Å². The maximum absolute atomic E-state index is 3.45. The Morgan fingerprint density at radius 3 is 2.67 bits per heavy atom. The second kappa shape index (κ2) is 7.19. The molecule has 2 nitrogen and oxygen atoms in total. The van der Waals surface area contributed by atoms with Crippen molar-refractivity contribution in [1.29, 1.82) is 0 Å². The van der Waals surface area contributed by atoms with Crippen molar-refractivity contribution in [3.05, 3.63) is 89.0 Å². The van der Waals surface area contributed by atoms with Gasteiger partial charge in [-0.1, -0.05) is 61.5 Å². The smallest absolute Gasteiger partial charge is 0.0840 e. The molecule has 0 aromatic heterocycles. The Balaban J connectivity index is 1.74. The van der Waals surface area contributed by atoms with Crippen LogP contribution in [0.3, 0.4) is 0 Å². The highest BCUT2D eigenvalue weighted by molar-refractivity contribution is 5.86. The molecule has 3 unspecified atom stereocenters. The molecular formula is C28H32N2. The van der Waals surface area contributed by atoms with E-state index in [0.717, 1.165) is 19.4 Å². The van der Waals surface area contributed by atoms with Gasteiger partial charge in [0.1, 0.15) is 0 Å². The number of anilines is 2. The molecule has 2 aromatic carbocycles. The van der Waals surface area contributed by atoms with Gasteiger partial charge >= 0.3 is 0 Å². The third-order valence-corrected chi connectivity index (χ3v) is 7.47. The Labute approximate surface area is 181 Å². The summed E-state index contributed by atoms with van der Waals surface area (Å²) in [5.41, 5.74) is 10.2. The topological polar surface area (TPSA) is 15.3 Å². The van der Waals surface area contributed by atoms with E-state index < -0.39 is 0 Å². The molecule has 1 fully saturated rings. The van der Waals surface area contributed by atoms with E-state index in [1.165, 1.54) is 28.1 Å². The van der Waals surface area contributed by atoms with Crippen molar-refractivity contribution in [1.82, 2.24) is 0 Å². The summed E-state index contributed by atoms with van der Waals surface area (Å²) in [6, 6.07) is 17.9. The molecule has 2 aromatic rings. The molecule has 1 saturated heterocycles. The largest absolute Gasteiger partial charge is 0.386 e. The molecule has 2 heteroatoms. The average molecular weight is 397 g/mol. The van der Waals surface area contributed by atoms with Crippen LogP contribution in [0.5, 0.6) is 0 Å². The normalized spacial score (nSPS) is 27.6. The molecule has 1 N–H and O–H groups in total. The van der Waals surface area contributed by atoms with Crippen LogP contribution in [-0.4, -0.2) is 19.1 Å². The first kappa shape index (κ1) is 19.2. The quantitative estimate of drug-likeness (QED) is 0.598. The zero-order valence-corrected chi connectivity index (χ0v) is 18.6. The number of nitrogens with zero attached hydrogens (tertiary/aromatic N) is 1. The van der Waals surface area contributed by atoms with Gasteiger partial charge in [0.25, 0.3) is 0 Å². The number of hydrogen-bond acceptors (Lipinski definition) is 2. The van der Waals surface area contributed by atoms with Crippen LogP contribution < -0.4 is 10.2 Å². The predicted molar refractivity (Wildman–Crippen MR) is 129 cm³/mol. The van der Waals surface area contributed by atoms with E-state index in [4.69, 9.17) is 0 Å². The van der Waals surface area contributed by atoms with E-state index in [2.05, 4.69) is 97.7 Å². The molecule has 0 saturated carbocycles. The molecule has 1 heterocycles.